The molecule has 2 saturated heterocycles. The molecule has 0 aromatic carbocycles. The Labute approximate surface area is 108 Å². The van der Waals surface area contributed by atoms with Crippen LogP contribution in [-0.2, 0) is 11.2 Å². The average Bonchev–Trinajstić information content (AvgIpc) is 2.38. The van der Waals surface area contributed by atoms with Gasteiger partial charge in [-0.2, -0.15) is 0 Å². The Balaban J connectivity index is 1.60. The molecule has 0 spiro atoms. The Morgan fingerprint density at radius 3 is 2.61 bits per heavy atom. The SMILES string of the molecule is CCc1cc(N2CCN(C3COC3)CC2)ncn1. The maximum absolute atomic E-state index is 5.25. The predicted molar refractivity (Wildman–Crippen MR) is 69.8 cm³/mol. The van der Waals surface area contributed by atoms with E-state index in [0.717, 1.165) is 57.3 Å². The van der Waals surface area contributed by atoms with E-state index in [1.54, 1.807) is 6.33 Å². The fraction of sp³-hybridized carbons (Fsp3) is 0.692. The van der Waals surface area contributed by atoms with Crippen LogP contribution in [0.4, 0.5) is 5.82 Å². The van der Waals surface area contributed by atoms with E-state index in [1.165, 1.54) is 0 Å². The number of hydrogen-bond acceptors (Lipinski definition) is 5. The van der Waals surface area contributed by atoms with Crippen molar-refractivity contribution >= 4 is 5.82 Å². The van der Waals surface area contributed by atoms with Gasteiger partial charge in [0.05, 0.1) is 19.3 Å². The molecule has 0 bridgehead atoms. The third-order valence-corrected chi connectivity index (χ3v) is 3.85. The van der Waals surface area contributed by atoms with E-state index in [2.05, 4.69) is 32.8 Å². The van der Waals surface area contributed by atoms with Crippen LogP contribution in [-0.4, -0.2) is 60.3 Å². The van der Waals surface area contributed by atoms with Crippen molar-refractivity contribution in [1.82, 2.24) is 14.9 Å². The summed E-state index contributed by atoms with van der Waals surface area (Å²) >= 11 is 0. The normalized spacial score (nSPS) is 21.9. The number of nitrogens with zero attached hydrogens (tertiary/aromatic N) is 4. The third-order valence-electron chi connectivity index (χ3n) is 3.85. The van der Waals surface area contributed by atoms with Crippen molar-refractivity contribution < 1.29 is 4.74 Å². The molecule has 0 aliphatic carbocycles. The Morgan fingerprint density at radius 1 is 1.22 bits per heavy atom. The van der Waals surface area contributed by atoms with Gasteiger partial charge in [-0.1, -0.05) is 6.92 Å². The van der Waals surface area contributed by atoms with Crippen LogP contribution < -0.4 is 4.90 Å². The average molecular weight is 248 g/mol. The molecule has 5 heteroatoms. The van der Waals surface area contributed by atoms with E-state index in [9.17, 15) is 0 Å². The minimum atomic E-state index is 0.656. The molecule has 1 aromatic rings. The summed E-state index contributed by atoms with van der Waals surface area (Å²) in [7, 11) is 0. The minimum absolute atomic E-state index is 0.656. The molecule has 2 fully saturated rings. The summed E-state index contributed by atoms with van der Waals surface area (Å²) in [6.45, 7) is 8.27. The fourth-order valence-corrected chi connectivity index (χ4v) is 2.50. The van der Waals surface area contributed by atoms with Gasteiger partial charge in [0.2, 0.25) is 0 Å². The molecular weight excluding hydrogens is 228 g/mol. The van der Waals surface area contributed by atoms with Gasteiger partial charge in [0, 0.05) is 37.9 Å². The summed E-state index contributed by atoms with van der Waals surface area (Å²) in [6.07, 6.45) is 2.65. The Kier molecular flexibility index (Phi) is 3.43. The molecule has 0 amide bonds. The summed E-state index contributed by atoms with van der Waals surface area (Å²) in [5, 5.41) is 0. The van der Waals surface area contributed by atoms with Crippen molar-refractivity contribution in [3.63, 3.8) is 0 Å². The second kappa shape index (κ2) is 5.20. The maximum atomic E-state index is 5.25. The minimum Gasteiger partial charge on any atom is -0.378 e. The van der Waals surface area contributed by atoms with Crippen LogP contribution in [0, 0.1) is 0 Å². The monoisotopic (exact) mass is 248 g/mol. The van der Waals surface area contributed by atoms with Gasteiger partial charge in [-0.3, -0.25) is 4.90 Å². The molecule has 0 N–H and O–H groups in total. The van der Waals surface area contributed by atoms with E-state index in [-0.39, 0.29) is 0 Å². The molecule has 3 rings (SSSR count). The highest BCUT2D eigenvalue weighted by Crippen LogP contribution is 2.17. The summed E-state index contributed by atoms with van der Waals surface area (Å²) in [6, 6.07) is 2.77. The van der Waals surface area contributed by atoms with Gasteiger partial charge in [-0.05, 0) is 6.42 Å². The zero-order chi connectivity index (χ0) is 12.4. The molecule has 18 heavy (non-hydrogen) atoms. The quantitative estimate of drug-likeness (QED) is 0.782. The van der Waals surface area contributed by atoms with Crippen molar-refractivity contribution in [3.8, 4) is 0 Å². The first kappa shape index (κ1) is 11.9. The molecule has 2 aliphatic heterocycles. The summed E-state index contributed by atoms with van der Waals surface area (Å²) in [5.74, 6) is 1.08. The van der Waals surface area contributed by atoms with Crippen molar-refractivity contribution in [2.75, 3.05) is 44.3 Å². The lowest BCUT2D eigenvalue weighted by Crippen LogP contribution is -2.56. The highest BCUT2D eigenvalue weighted by atomic mass is 16.5. The lowest BCUT2D eigenvalue weighted by Gasteiger charge is -2.42. The van der Waals surface area contributed by atoms with Crippen LogP contribution in [0.25, 0.3) is 0 Å². The predicted octanol–water partition coefficient (Wildman–Crippen LogP) is 0.560. The number of piperazine rings is 1. The fourth-order valence-electron chi connectivity index (χ4n) is 2.50. The Morgan fingerprint density at radius 2 is 2.00 bits per heavy atom. The van der Waals surface area contributed by atoms with Crippen LogP contribution in [0.15, 0.2) is 12.4 Å². The van der Waals surface area contributed by atoms with Crippen LogP contribution in [0.1, 0.15) is 12.6 Å². The molecule has 2 aliphatic rings. The van der Waals surface area contributed by atoms with E-state index in [1.807, 2.05) is 0 Å². The number of aromatic nitrogens is 2. The van der Waals surface area contributed by atoms with Gasteiger partial charge in [-0.25, -0.2) is 9.97 Å². The standard InChI is InChI=1S/C13H20N4O/c1-2-11-7-13(15-10-14-11)17-5-3-16(4-6-17)12-8-18-9-12/h7,10,12H,2-6,8-9H2,1H3. The molecule has 0 saturated carbocycles. The molecule has 0 radical (unpaired) electrons. The van der Waals surface area contributed by atoms with Gasteiger partial charge in [0.25, 0.3) is 0 Å². The van der Waals surface area contributed by atoms with Gasteiger partial charge in [-0.15, -0.1) is 0 Å². The van der Waals surface area contributed by atoms with Crippen LogP contribution in [0.3, 0.4) is 0 Å². The number of aryl methyl sites for hydroxylation is 1. The van der Waals surface area contributed by atoms with E-state index in [4.69, 9.17) is 4.74 Å². The van der Waals surface area contributed by atoms with E-state index in [0.29, 0.717) is 6.04 Å². The second-order valence-corrected chi connectivity index (χ2v) is 4.94. The van der Waals surface area contributed by atoms with Crippen molar-refractivity contribution in [2.24, 2.45) is 0 Å². The van der Waals surface area contributed by atoms with Crippen molar-refractivity contribution in [2.45, 2.75) is 19.4 Å². The zero-order valence-corrected chi connectivity index (χ0v) is 10.9. The second-order valence-electron chi connectivity index (χ2n) is 4.94. The van der Waals surface area contributed by atoms with E-state index >= 15 is 0 Å². The van der Waals surface area contributed by atoms with Crippen molar-refractivity contribution in [1.29, 1.82) is 0 Å². The highest BCUT2D eigenvalue weighted by molar-refractivity contribution is 5.39. The largest absolute Gasteiger partial charge is 0.378 e. The summed E-state index contributed by atoms with van der Waals surface area (Å²) < 4.78 is 5.25. The first-order chi connectivity index (χ1) is 8.86. The summed E-state index contributed by atoms with van der Waals surface area (Å²) in [5.41, 5.74) is 1.12. The van der Waals surface area contributed by atoms with Gasteiger partial charge in [0.15, 0.2) is 0 Å². The number of rotatable bonds is 3. The number of anilines is 1. The lowest BCUT2D eigenvalue weighted by atomic mass is 10.2. The Hall–Kier alpha value is -1.20. The first-order valence-electron chi connectivity index (χ1n) is 6.74. The first-order valence-corrected chi connectivity index (χ1v) is 6.74. The van der Waals surface area contributed by atoms with Gasteiger partial charge < -0.3 is 9.64 Å². The molecule has 0 unspecified atom stereocenters. The third kappa shape index (κ3) is 2.33. The molecule has 0 atom stereocenters. The highest BCUT2D eigenvalue weighted by Gasteiger charge is 2.29. The van der Waals surface area contributed by atoms with Gasteiger partial charge in [0.1, 0.15) is 12.1 Å². The topological polar surface area (TPSA) is 41.5 Å². The van der Waals surface area contributed by atoms with E-state index < -0.39 is 0 Å². The molecule has 3 heterocycles. The number of ether oxygens (including phenoxy) is 1. The smallest absolute Gasteiger partial charge is 0.132 e. The number of hydrogen-bond donors (Lipinski definition) is 0. The van der Waals surface area contributed by atoms with Crippen LogP contribution in [0.2, 0.25) is 0 Å². The lowest BCUT2D eigenvalue weighted by molar-refractivity contribution is -0.0661. The molecule has 1 aromatic heterocycles. The molecular formula is C13H20N4O. The Bertz CT molecular complexity index is 400. The van der Waals surface area contributed by atoms with Crippen LogP contribution >= 0.6 is 0 Å². The molecule has 98 valence electrons. The van der Waals surface area contributed by atoms with Crippen LogP contribution in [0.5, 0.6) is 0 Å². The maximum Gasteiger partial charge on any atom is 0.132 e. The molecule has 5 nitrogen and oxygen atoms in total. The zero-order valence-electron chi connectivity index (χ0n) is 10.9. The van der Waals surface area contributed by atoms with Crippen molar-refractivity contribution in [3.05, 3.63) is 18.1 Å². The van der Waals surface area contributed by atoms with Gasteiger partial charge >= 0.3 is 0 Å². The summed E-state index contributed by atoms with van der Waals surface area (Å²) in [4.78, 5) is 13.5.